The van der Waals surface area contributed by atoms with Gasteiger partial charge in [0.05, 0.1) is 0 Å². The first-order valence-corrected chi connectivity index (χ1v) is 7.50. The fourth-order valence-corrected chi connectivity index (χ4v) is 2.57. The van der Waals surface area contributed by atoms with Gasteiger partial charge >= 0.3 is 6.03 Å². The Balaban J connectivity index is 1.70. The van der Waals surface area contributed by atoms with E-state index < -0.39 is 0 Å². The third-order valence-electron chi connectivity index (χ3n) is 3.79. The van der Waals surface area contributed by atoms with Gasteiger partial charge in [-0.05, 0) is 37.0 Å². The number of piperidine rings is 1. The SMILES string of the molecule is NC(=O)C1CCN(C(=O)NCCc2ccc(Cl)cc2)CC1. The van der Waals surface area contributed by atoms with Crippen LogP contribution < -0.4 is 11.1 Å². The normalized spacial score (nSPS) is 15.8. The van der Waals surface area contributed by atoms with Crippen molar-refractivity contribution >= 4 is 23.5 Å². The third-order valence-corrected chi connectivity index (χ3v) is 4.04. The number of hydrogen-bond donors (Lipinski definition) is 2. The smallest absolute Gasteiger partial charge is 0.317 e. The number of nitrogens with zero attached hydrogens (tertiary/aromatic N) is 1. The zero-order chi connectivity index (χ0) is 15.2. The molecular weight excluding hydrogens is 290 g/mol. The molecule has 0 radical (unpaired) electrons. The minimum absolute atomic E-state index is 0.0770. The summed E-state index contributed by atoms with van der Waals surface area (Å²) in [5.41, 5.74) is 6.41. The molecule has 1 saturated heterocycles. The Morgan fingerprint density at radius 2 is 1.86 bits per heavy atom. The van der Waals surface area contributed by atoms with Crippen molar-refractivity contribution in [3.05, 3.63) is 34.9 Å². The van der Waals surface area contributed by atoms with Gasteiger partial charge in [0.25, 0.3) is 0 Å². The van der Waals surface area contributed by atoms with Crippen molar-refractivity contribution in [1.29, 1.82) is 0 Å². The predicted molar refractivity (Wildman–Crippen MR) is 82.0 cm³/mol. The number of amides is 3. The van der Waals surface area contributed by atoms with Crippen LogP contribution in [-0.4, -0.2) is 36.5 Å². The number of rotatable bonds is 4. The summed E-state index contributed by atoms with van der Waals surface area (Å²) >= 11 is 5.82. The summed E-state index contributed by atoms with van der Waals surface area (Å²) in [6, 6.07) is 7.51. The highest BCUT2D eigenvalue weighted by Gasteiger charge is 2.25. The van der Waals surface area contributed by atoms with Gasteiger partial charge in [0.1, 0.15) is 0 Å². The summed E-state index contributed by atoms with van der Waals surface area (Å²) in [6.45, 7) is 1.75. The molecule has 21 heavy (non-hydrogen) atoms. The zero-order valence-corrected chi connectivity index (χ0v) is 12.6. The summed E-state index contributed by atoms with van der Waals surface area (Å²) in [7, 11) is 0. The zero-order valence-electron chi connectivity index (χ0n) is 11.8. The van der Waals surface area contributed by atoms with Gasteiger partial charge in [0.2, 0.25) is 5.91 Å². The molecule has 0 unspecified atom stereocenters. The van der Waals surface area contributed by atoms with Gasteiger partial charge in [0.15, 0.2) is 0 Å². The molecule has 0 aromatic heterocycles. The van der Waals surface area contributed by atoms with E-state index in [1.807, 2.05) is 24.3 Å². The van der Waals surface area contributed by atoms with E-state index in [9.17, 15) is 9.59 Å². The Labute approximate surface area is 129 Å². The Morgan fingerprint density at radius 1 is 1.24 bits per heavy atom. The van der Waals surface area contributed by atoms with Gasteiger partial charge < -0.3 is 16.0 Å². The minimum atomic E-state index is -0.266. The van der Waals surface area contributed by atoms with Crippen LogP contribution in [0, 0.1) is 5.92 Å². The number of nitrogens with one attached hydrogen (secondary N) is 1. The fraction of sp³-hybridized carbons (Fsp3) is 0.467. The van der Waals surface area contributed by atoms with Crippen LogP contribution >= 0.6 is 11.6 Å². The third kappa shape index (κ3) is 4.63. The molecule has 1 heterocycles. The lowest BCUT2D eigenvalue weighted by Crippen LogP contribution is -2.46. The van der Waals surface area contributed by atoms with Crippen LogP contribution in [0.4, 0.5) is 4.79 Å². The second-order valence-electron chi connectivity index (χ2n) is 5.27. The maximum absolute atomic E-state index is 12.0. The molecule has 1 fully saturated rings. The fourth-order valence-electron chi connectivity index (χ4n) is 2.44. The average Bonchev–Trinajstić information content (AvgIpc) is 2.49. The van der Waals surface area contributed by atoms with Crippen LogP contribution in [0.2, 0.25) is 5.02 Å². The molecule has 0 bridgehead atoms. The first-order valence-electron chi connectivity index (χ1n) is 7.13. The number of nitrogens with two attached hydrogens (primary N) is 1. The molecular formula is C15H20ClN3O2. The Morgan fingerprint density at radius 3 is 2.43 bits per heavy atom. The lowest BCUT2D eigenvalue weighted by Gasteiger charge is -2.30. The summed E-state index contributed by atoms with van der Waals surface area (Å²) < 4.78 is 0. The highest BCUT2D eigenvalue weighted by Crippen LogP contribution is 2.16. The second-order valence-corrected chi connectivity index (χ2v) is 5.71. The van der Waals surface area contributed by atoms with Crippen LogP contribution in [0.5, 0.6) is 0 Å². The molecule has 0 saturated carbocycles. The van der Waals surface area contributed by atoms with Crippen molar-refractivity contribution in [2.45, 2.75) is 19.3 Å². The van der Waals surface area contributed by atoms with Gasteiger partial charge in [-0.15, -0.1) is 0 Å². The number of carbonyl (C=O) groups is 2. The number of likely N-dealkylation sites (tertiary alicyclic amines) is 1. The monoisotopic (exact) mass is 309 g/mol. The number of carbonyl (C=O) groups excluding carboxylic acids is 2. The van der Waals surface area contributed by atoms with Gasteiger partial charge in [-0.1, -0.05) is 23.7 Å². The molecule has 1 aliphatic heterocycles. The van der Waals surface area contributed by atoms with E-state index in [1.165, 1.54) is 0 Å². The molecule has 1 aromatic rings. The van der Waals surface area contributed by atoms with Crippen molar-refractivity contribution in [2.75, 3.05) is 19.6 Å². The summed E-state index contributed by atoms with van der Waals surface area (Å²) in [5, 5.41) is 3.61. The molecule has 3 N–H and O–H groups in total. The second kappa shape index (κ2) is 7.31. The van der Waals surface area contributed by atoms with Crippen LogP contribution in [0.3, 0.4) is 0 Å². The Hall–Kier alpha value is -1.75. The minimum Gasteiger partial charge on any atom is -0.369 e. The molecule has 0 spiro atoms. The van der Waals surface area contributed by atoms with Crippen molar-refractivity contribution in [1.82, 2.24) is 10.2 Å². The van der Waals surface area contributed by atoms with E-state index in [0.717, 1.165) is 12.0 Å². The highest BCUT2D eigenvalue weighted by atomic mass is 35.5. The van der Waals surface area contributed by atoms with E-state index in [2.05, 4.69) is 5.32 Å². The number of benzene rings is 1. The molecule has 0 atom stereocenters. The number of halogens is 1. The van der Waals surface area contributed by atoms with Gasteiger partial charge in [-0.2, -0.15) is 0 Å². The first kappa shape index (κ1) is 15.6. The maximum Gasteiger partial charge on any atom is 0.317 e. The average molecular weight is 310 g/mol. The number of urea groups is 1. The van der Waals surface area contributed by atoms with Crippen LogP contribution in [0.1, 0.15) is 18.4 Å². The quantitative estimate of drug-likeness (QED) is 0.889. The molecule has 6 heteroatoms. The molecule has 1 aliphatic rings. The standard InChI is InChI=1S/C15H20ClN3O2/c16-13-3-1-11(2-4-13)5-8-18-15(21)19-9-6-12(7-10-19)14(17)20/h1-4,12H,5-10H2,(H2,17,20)(H,18,21). The number of primary amides is 1. The first-order chi connectivity index (χ1) is 10.1. The van der Waals surface area contributed by atoms with Crippen LogP contribution in [0.15, 0.2) is 24.3 Å². The lowest BCUT2D eigenvalue weighted by atomic mass is 9.96. The lowest BCUT2D eigenvalue weighted by molar-refractivity contribution is -0.123. The molecule has 114 valence electrons. The summed E-state index contributed by atoms with van der Waals surface area (Å²) in [4.78, 5) is 24.8. The van der Waals surface area contributed by atoms with E-state index in [-0.39, 0.29) is 17.9 Å². The van der Waals surface area contributed by atoms with Crippen molar-refractivity contribution in [2.24, 2.45) is 11.7 Å². The number of hydrogen-bond acceptors (Lipinski definition) is 2. The molecule has 1 aromatic carbocycles. The maximum atomic E-state index is 12.0. The van der Waals surface area contributed by atoms with Crippen LogP contribution in [-0.2, 0) is 11.2 Å². The molecule has 2 rings (SSSR count). The van der Waals surface area contributed by atoms with Crippen molar-refractivity contribution in [3.8, 4) is 0 Å². The molecule has 5 nitrogen and oxygen atoms in total. The van der Waals surface area contributed by atoms with Gasteiger partial charge in [-0.3, -0.25) is 4.79 Å². The van der Waals surface area contributed by atoms with Gasteiger partial charge in [-0.25, -0.2) is 4.79 Å². The summed E-state index contributed by atoms with van der Waals surface area (Å²) in [5.74, 6) is -0.360. The molecule has 0 aliphatic carbocycles. The summed E-state index contributed by atoms with van der Waals surface area (Å²) in [6.07, 6.45) is 2.07. The van der Waals surface area contributed by atoms with E-state index in [4.69, 9.17) is 17.3 Å². The van der Waals surface area contributed by atoms with Crippen molar-refractivity contribution < 1.29 is 9.59 Å². The highest BCUT2D eigenvalue weighted by molar-refractivity contribution is 6.30. The predicted octanol–water partition coefficient (Wildman–Crippen LogP) is 1.79. The van der Waals surface area contributed by atoms with Gasteiger partial charge in [0, 0.05) is 30.6 Å². The van der Waals surface area contributed by atoms with Crippen molar-refractivity contribution in [3.63, 3.8) is 0 Å². The largest absolute Gasteiger partial charge is 0.369 e. The van der Waals surface area contributed by atoms with E-state index in [0.29, 0.717) is 37.5 Å². The Bertz CT molecular complexity index is 496. The van der Waals surface area contributed by atoms with E-state index >= 15 is 0 Å². The molecule has 3 amide bonds. The van der Waals surface area contributed by atoms with E-state index in [1.54, 1.807) is 4.90 Å². The topological polar surface area (TPSA) is 75.4 Å². The Kier molecular flexibility index (Phi) is 5.44. The van der Waals surface area contributed by atoms with Crippen LogP contribution in [0.25, 0.3) is 0 Å².